The van der Waals surface area contributed by atoms with Crippen LogP contribution in [0.25, 0.3) is 0 Å². The monoisotopic (exact) mass is 340 g/mol. The maximum absolute atomic E-state index is 13.4. The molecule has 0 amide bonds. The Bertz CT molecular complexity index is 838. The molecule has 132 valence electrons. The molecule has 1 heterocycles. The van der Waals surface area contributed by atoms with Crippen LogP contribution in [0.4, 0.5) is 0 Å². The SMILES string of the molecule is C=CC1=CCC2(C)C(=O)C(C)=C(C)C(=O)C2(C)C1c1ccc(CO)o1. The minimum absolute atomic E-state index is 0.0189. The van der Waals surface area contributed by atoms with Gasteiger partial charge in [0.1, 0.15) is 18.1 Å². The molecule has 3 atom stereocenters. The molecule has 25 heavy (non-hydrogen) atoms. The van der Waals surface area contributed by atoms with Gasteiger partial charge in [-0.1, -0.05) is 32.6 Å². The number of ketones is 2. The fourth-order valence-corrected chi connectivity index (χ4v) is 4.44. The van der Waals surface area contributed by atoms with E-state index in [1.54, 1.807) is 32.1 Å². The van der Waals surface area contributed by atoms with Crippen molar-refractivity contribution in [1.29, 1.82) is 0 Å². The van der Waals surface area contributed by atoms with Crippen molar-refractivity contribution < 1.29 is 19.1 Å². The number of hydrogen-bond donors (Lipinski definition) is 1. The highest BCUT2D eigenvalue weighted by Crippen LogP contribution is 2.62. The molecule has 3 rings (SSSR count). The van der Waals surface area contributed by atoms with Crippen molar-refractivity contribution in [3.63, 3.8) is 0 Å². The Balaban J connectivity index is 2.30. The lowest BCUT2D eigenvalue weighted by molar-refractivity contribution is -0.147. The lowest BCUT2D eigenvalue weighted by atomic mass is 9.46. The van der Waals surface area contributed by atoms with E-state index in [1.165, 1.54) is 0 Å². The largest absolute Gasteiger partial charge is 0.463 e. The molecule has 4 nitrogen and oxygen atoms in total. The van der Waals surface area contributed by atoms with Gasteiger partial charge in [0.15, 0.2) is 11.6 Å². The minimum atomic E-state index is -0.962. The molecular weight excluding hydrogens is 316 g/mol. The lowest BCUT2D eigenvalue weighted by Crippen LogP contribution is -2.57. The van der Waals surface area contributed by atoms with E-state index in [2.05, 4.69) is 6.58 Å². The molecule has 0 aliphatic heterocycles. The van der Waals surface area contributed by atoms with E-state index in [4.69, 9.17) is 4.42 Å². The van der Waals surface area contributed by atoms with Crippen LogP contribution in [0.15, 0.2) is 52.0 Å². The Morgan fingerprint density at radius 1 is 1.24 bits per heavy atom. The fraction of sp³-hybridized carbons (Fsp3) is 0.429. The van der Waals surface area contributed by atoms with E-state index < -0.39 is 16.7 Å². The number of Topliss-reactive ketones (excluding diaryl/α,β-unsaturated/α-hetero) is 2. The van der Waals surface area contributed by atoms with Crippen LogP contribution in [-0.4, -0.2) is 16.7 Å². The molecule has 1 aromatic rings. The van der Waals surface area contributed by atoms with Crippen molar-refractivity contribution in [3.05, 3.63) is 59.1 Å². The van der Waals surface area contributed by atoms with Crippen LogP contribution in [0.5, 0.6) is 0 Å². The van der Waals surface area contributed by atoms with E-state index in [9.17, 15) is 14.7 Å². The van der Waals surface area contributed by atoms with Crippen LogP contribution in [-0.2, 0) is 16.2 Å². The Morgan fingerprint density at radius 2 is 1.88 bits per heavy atom. The number of fused-ring (bicyclic) bond motifs is 1. The zero-order valence-corrected chi connectivity index (χ0v) is 15.2. The van der Waals surface area contributed by atoms with Crippen molar-refractivity contribution in [1.82, 2.24) is 0 Å². The molecule has 1 aromatic heterocycles. The van der Waals surface area contributed by atoms with Gasteiger partial charge < -0.3 is 9.52 Å². The van der Waals surface area contributed by atoms with Gasteiger partial charge in [-0.15, -0.1) is 0 Å². The van der Waals surface area contributed by atoms with Crippen molar-refractivity contribution in [2.45, 2.75) is 46.6 Å². The smallest absolute Gasteiger partial charge is 0.166 e. The van der Waals surface area contributed by atoms with Crippen molar-refractivity contribution >= 4 is 11.6 Å². The van der Waals surface area contributed by atoms with Crippen molar-refractivity contribution in [3.8, 4) is 0 Å². The van der Waals surface area contributed by atoms with Crippen LogP contribution in [0.2, 0.25) is 0 Å². The highest BCUT2D eigenvalue weighted by molar-refractivity contribution is 6.17. The number of carbonyl (C=O) groups excluding carboxylic acids is 2. The molecule has 2 aliphatic carbocycles. The van der Waals surface area contributed by atoms with Gasteiger partial charge in [-0.05, 0) is 49.1 Å². The van der Waals surface area contributed by atoms with E-state index in [1.807, 2.05) is 19.9 Å². The van der Waals surface area contributed by atoms with Gasteiger partial charge >= 0.3 is 0 Å². The summed E-state index contributed by atoms with van der Waals surface area (Å²) < 4.78 is 5.79. The molecule has 0 aromatic carbocycles. The summed E-state index contributed by atoms with van der Waals surface area (Å²) in [6, 6.07) is 3.48. The van der Waals surface area contributed by atoms with E-state index in [0.29, 0.717) is 29.1 Å². The summed E-state index contributed by atoms with van der Waals surface area (Å²) in [5.74, 6) is 0.602. The number of hydrogen-bond acceptors (Lipinski definition) is 4. The quantitative estimate of drug-likeness (QED) is 0.907. The molecule has 4 heteroatoms. The van der Waals surface area contributed by atoms with E-state index in [-0.39, 0.29) is 18.2 Å². The average molecular weight is 340 g/mol. The highest BCUT2D eigenvalue weighted by atomic mass is 16.4. The summed E-state index contributed by atoms with van der Waals surface area (Å²) in [5, 5.41) is 9.33. The summed E-state index contributed by atoms with van der Waals surface area (Å²) >= 11 is 0. The molecule has 0 bridgehead atoms. The first kappa shape index (κ1) is 17.6. The molecular formula is C21H24O4. The minimum Gasteiger partial charge on any atom is -0.463 e. The summed E-state index contributed by atoms with van der Waals surface area (Å²) in [6.45, 7) is 10.9. The van der Waals surface area contributed by atoms with Gasteiger partial charge in [0.25, 0.3) is 0 Å². The van der Waals surface area contributed by atoms with Crippen LogP contribution < -0.4 is 0 Å². The number of allylic oxidation sites excluding steroid dienone is 5. The third-order valence-corrected chi connectivity index (χ3v) is 6.38. The van der Waals surface area contributed by atoms with E-state index >= 15 is 0 Å². The van der Waals surface area contributed by atoms with Crippen LogP contribution in [0.1, 0.15) is 51.6 Å². The molecule has 0 saturated heterocycles. The van der Waals surface area contributed by atoms with Gasteiger partial charge in [-0.2, -0.15) is 0 Å². The standard InChI is InChI=1S/C21H24O4/c1-6-14-9-10-20(4)18(23)12(2)13(3)19(24)21(20,5)17(14)16-8-7-15(11-22)25-16/h6-9,17,22H,1,10-11H2,2-5H3. The Labute approximate surface area is 147 Å². The zero-order valence-electron chi connectivity index (χ0n) is 15.2. The average Bonchev–Trinajstić information content (AvgIpc) is 3.08. The molecule has 2 aliphatic rings. The Kier molecular flexibility index (Phi) is 3.99. The maximum atomic E-state index is 13.4. The normalized spacial score (nSPS) is 32.5. The summed E-state index contributed by atoms with van der Waals surface area (Å²) in [6.07, 6.45) is 4.21. The van der Waals surface area contributed by atoms with Crippen LogP contribution in [0, 0.1) is 10.8 Å². The summed E-state index contributed by atoms with van der Waals surface area (Å²) in [7, 11) is 0. The molecule has 0 fully saturated rings. The Hall–Kier alpha value is -2.20. The topological polar surface area (TPSA) is 67.5 Å². The lowest BCUT2D eigenvalue weighted by Gasteiger charge is -2.53. The number of aliphatic hydroxyl groups is 1. The number of furan rings is 1. The maximum Gasteiger partial charge on any atom is 0.166 e. The van der Waals surface area contributed by atoms with Crippen LogP contribution in [0.3, 0.4) is 0 Å². The van der Waals surface area contributed by atoms with Gasteiger partial charge in [0.2, 0.25) is 0 Å². The first-order valence-corrected chi connectivity index (χ1v) is 8.51. The first-order chi connectivity index (χ1) is 11.7. The second-order valence-electron chi connectivity index (χ2n) is 7.45. The zero-order chi connectivity index (χ0) is 18.6. The highest BCUT2D eigenvalue weighted by Gasteiger charge is 2.63. The molecule has 3 unspecified atom stereocenters. The molecule has 1 N–H and O–H groups in total. The predicted octanol–water partition coefficient (Wildman–Crippen LogP) is 3.87. The van der Waals surface area contributed by atoms with Gasteiger partial charge in [0.05, 0.1) is 11.3 Å². The molecule has 0 spiro atoms. The van der Waals surface area contributed by atoms with Gasteiger partial charge in [-0.25, -0.2) is 0 Å². The summed E-state index contributed by atoms with van der Waals surface area (Å²) in [4.78, 5) is 26.5. The van der Waals surface area contributed by atoms with Gasteiger partial charge in [0, 0.05) is 5.41 Å². The number of rotatable bonds is 3. The fourth-order valence-electron chi connectivity index (χ4n) is 4.44. The Morgan fingerprint density at radius 3 is 2.44 bits per heavy atom. The molecule has 0 saturated carbocycles. The van der Waals surface area contributed by atoms with Crippen molar-refractivity contribution in [2.24, 2.45) is 10.8 Å². The van der Waals surface area contributed by atoms with E-state index in [0.717, 1.165) is 5.57 Å². The number of carbonyl (C=O) groups is 2. The second-order valence-corrected chi connectivity index (χ2v) is 7.45. The number of aliphatic hydroxyl groups excluding tert-OH is 1. The third kappa shape index (κ3) is 2.10. The predicted molar refractivity (Wildman–Crippen MR) is 94.9 cm³/mol. The van der Waals surface area contributed by atoms with Crippen molar-refractivity contribution in [2.75, 3.05) is 0 Å². The molecule has 0 radical (unpaired) electrons. The van der Waals surface area contributed by atoms with Gasteiger partial charge in [-0.3, -0.25) is 9.59 Å². The summed E-state index contributed by atoms with van der Waals surface area (Å²) in [5.41, 5.74) is 0.157. The first-order valence-electron chi connectivity index (χ1n) is 8.51. The second kappa shape index (κ2) is 5.67. The third-order valence-electron chi connectivity index (χ3n) is 6.38. The van der Waals surface area contributed by atoms with Crippen LogP contribution >= 0.6 is 0 Å².